The molecule has 2 bridgehead atoms. The number of carbonyl (C=O) groups excluding carboxylic acids is 2. The summed E-state index contributed by atoms with van der Waals surface area (Å²) in [6.07, 6.45) is 7.92. The molecule has 1 heterocycles. The fourth-order valence-corrected chi connectivity index (χ4v) is 5.25. The molecule has 2 atom stereocenters. The predicted octanol–water partition coefficient (Wildman–Crippen LogP) is 2.48. The van der Waals surface area contributed by atoms with Gasteiger partial charge in [0.05, 0.1) is 0 Å². The predicted molar refractivity (Wildman–Crippen MR) is 92.1 cm³/mol. The lowest BCUT2D eigenvalue weighted by molar-refractivity contribution is 0.0751. The first kappa shape index (κ1) is 15.9. The lowest BCUT2D eigenvalue weighted by Crippen LogP contribution is -2.53. The number of hydrogen-bond donors (Lipinski definition) is 3. The molecule has 130 valence electrons. The second-order valence-corrected chi connectivity index (χ2v) is 7.94. The van der Waals surface area contributed by atoms with Gasteiger partial charge in [-0.15, -0.1) is 0 Å². The molecule has 0 saturated heterocycles. The van der Waals surface area contributed by atoms with E-state index in [-0.39, 0.29) is 23.8 Å². The second kappa shape index (κ2) is 6.03. The van der Waals surface area contributed by atoms with Crippen molar-refractivity contribution in [3.05, 3.63) is 22.5 Å². The maximum absolute atomic E-state index is 12.9. The smallest absolute Gasteiger partial charge is 0.268 e. The van der Waals surface area contributed by atoms with Crippen molar-refractivity contribution in [2.75, 3.05) is 0 Å². The molecule has 1 aromatic rings. The quantitative estimate of drug-likeness (QED) is 0.779. The van der Waals surface area contributed by atoms with E-state index in [0.29, 0.717) is 24.0 Å². The highest BCUT2D eigenvalue weighted by molar-refractivity contribution is 6.04. The fraction of sp³-hybridized carbons (Fsp3) is 0.684. The summed E-state index contributed by atoms with van der Waals surface area (Å²) in [5.41, 5.74) is 9.29. The van der Waals surface area contributed by atoms with Crippen LogP contribution in [0.2, 0.25) is 0 Å². The van der Waals surface area contributed by atoms with Crippen molar-refractivity contribution in [1.29, 1.82) is 0 Å². The Morgan fingerprint density at radius 3 is 2.54 bits per heavy atom. The minimum Gasteiger partial charge on any atom is -0.354 e. The van der Waals surface area contributed by atoms with Crippen LogP contribution in [-0.4, -0.2) is 28.8 Å². The molecule has 1 amide bonds. The van der Waals surface area contributed by atoms with Gasteiger partial charge in [0.2, 0.25) is 0 Å². The van der Waals surface area contributed by atoms with Crippen molar-refractivity contribution in [2.45, 2.75) is 70.4 Å². The average Bonchev–Trinajstić information content (AvgIpc) is 2.86. The molecule has 5 heteroatoms. The van der Waals surface area contributed by atoms with Crippen LogP contribution < -0.4 is 11.1 Å². The maximum Gasteiger partial charge on any atom is 0.268 e. The van der Waals surface area contributed by atoms with Crippen molar-refractivity contribution in [3.8, 4) is 0 Å². The highest BCUT2D eigenvalue weighted by atomic mass is 16.2. The van der Waals surface area contributed by atoms with E-state index in [1.807, 2.05) is 6.92 Å². The highest BCUT2D eigenvalue weighted by Gasteiger charge is 2.40. The molecule has 24 heavy (non-hydrogen) atoms. The van der Waals surface area contributed by atoms with Gasteiger partial charge < -0.3 is 16.0 Å². The minimum atomic E-state index is -0.0490. The third kappa shape index (κ3) is 2.59. The van der Waals surface area contributed by atoms with Gasteiger partial charge in [0.15, 0.2) is 5.78 Å². The van der Waals surface area contributed by atoms with Gasteiger partial charge in [-0.2, -0.15) is 0 Å². The summed E-state index contributed by atoms with van der Waals surface area (Å²) in [6, 6.07) is 0.520. The topological polar surface area (TPSA) is 88.0 Å². The third-order valence-electron chi connectivity index (χ3n) is 6.34. The summed E-state index contributed by atoms with van der Waals surface area (Å²) in [7, 11) is 0. The Hall–Kier alpha value is -1.62. The standard InChI is InChI=1S/C19H27N3O2/c1-10-16-14(6-3-7-15(16)23)21-17(10)19(24)22-18-11-4-2-5-12(18)9-13(20)8-11/h11-13,18,21H,2-9,20H2,1H3,(H,22,24). The van der Waals surface area contributed by atoms with Gasteiger partial charge >= 0.3 is 0 Å². The molecule has 5 nitrogen and oxygen atoms in total. The maximum atomic E-state index is 12.9. The summed E-state index contributed by atoms with van der Waals surface area (Å²) < 4.78 is 0. The molecule has 2 fully saturated rings. The third-order valence-corrected chi connectivity index (χ3v) is 6.34. The number of H-pyrrole nitrogens is 1. The van der Waals surface area contributed by atoms with Crippen LogP contribution in [0, 0.1) is 18.8 Å². The van der Waals surface area contributed by atoms with E-state index in [1.165, 1.54) is 6.42 Å². The number of ketones is 1. The molecule has 0 radical (unpaired) electrons. The van der Waals surface area contributed by atoms with Gasteiger partial charge in [-0.05, 0) is 62.8 Å². The average molecular weight is 329 g/mol. The van der Waals surface area contributed by atoms with Crippen LogP contribution in [0.4, 0.5) is 0 Å². The number of aromatic amines is 1. The zero-order valence-corrected chi connectivity index (χ0v) is 14.4. The molecule has 0 aromatic carbocycles. The van der Waals surface area contributed by atoms with Gasteiger partial charge in [0, 0.05) is 29.8 Å². The largest absolute Gasteiger partial charge is 0.354 e. The number of rotatable bonds is 2. The van der Waals surface area contributed by atoms with E-state index >= 15 is 0 Å². The molecule has 3 aliphatic carbocycles. The molecule has 1 aromatic heterocycles. The van der Waals surface area contributed by atoms with Crippen LogP contribution in [0.25, 0.3) is 0 Å². The molecule has 4 rings (SSSR count). The SMILES string of the molecule is Cc1c(C(=O)NC2C3CCCC2CC(N)C3)[nH]c2c1C(=O)CCC2. The summed E-state index contributed by atoms with van der Waals surface area (Å²) in [6.45, 7) is 1.89. The lowest BCUT2D eigenvalue weighted by atomic mass is 9.67. The van der Waals surface area contributed by atoms with Crippen LogP contribution in [0.15, 0.2) is 0 Å². The summed E-state index contributed by atoms with van der Waals surface area (Å²) in [4.78, 5) is 28.3. The number of hydrogen-bond acceptors (Lipinski definition) is 3. The Balaban J connectivity index is 1.56. The Morgan fingerprint density at radius 2 is 1.88 bits per heavy atom. The number of carbonyl (C=O) groups is 2. The second-order valence-electron chi connectivity index (χ2n) is 7.94. The number of aromatic nitrogens is 1. The molecule has 0 aliphatic heterocycles. The highest BCUT2D eigenvalue weighted by Crippen LogP contribution is 2.40. The van der Waals surface area contributed by atoms with E-state index in [0.717, 1.165) is 55.3 Å². The molecule has 4 N–H and O–H groups in total. The van der Waals surface area contributed by atoms with Crippen LogP contribution in [0.1, 0.15) is 77.0 Å². The van der Waals surface area contributed by atoms with Gasteiger partial charge in [-0.25, -0.2) is 0 Å². The fourth-order valence-electron chi connectivity index (χ4n) is 5.25. The molecular weight excluding hydrogens is 302 g/mol. The Bertz CT molecular complexity index is 664. The van der Waals surface area contributed by atoms with Crippen LogP contribution in [0.3, 0.4) is 0 Å². The lowest BCUT2D eigenvalue weighted by Gasteiger charge is -2.45. The van der Waals surface area contributed by atoms with E-state index < -0.39 is 0 Å². The van der Waals surface area contributed by atoms with Crippen LogP contribution in [0.5, 0.6) is 0 Å². The van der Waals surface area contributed by atoms with E-state index in [4.69, 9.17) is 5.73 Å². The van der Waals surface area contributed by atoms with Gasteiger partial charge in [-0.1, -0.05) is 6.42 Å². The van der Waals surface area contributed by atoms with Crippen molar-refractivity contribution < 1.29 is 9.59 Å². The first-order valence-corrected chi connectivity index (χ1v) is 9.35. The van der Waals surface area contributed by atoms with E-state index in [2.05, 4.69) is 10.3 Å². The number of nitrogens with one attached hydrogen (secondary N) is 2. The van der Waals surface area contributed by atoms with Crippen LogP contribution >= 0.6 is 0 Å². The molecule has 3 aliphatic rings. The van der Waals surface area contributed by atoms with Crippen molar-refractivity contribution in [1.82, 2.24) is 10.3 Å². The first-order valence-electron chi connectivity index (χ1n) is 9.35. The summed E-state index contributed by atoms with van der Waals surface area (Å²) in [5.74, 6) is 1.13. The summed E-state index contributed by atoms with van der Waals surface area (Å²) in [5, 5.41) is 3.29. The number of amides is 1. The Kier molecular flexibility index (Phi) is 3.99. The van der Waals surface area contributed by atoms with Crippen molar-refractivity contribution >= 4 is 11.7 Å². The summed E-state index contributed by atoms with van der Waals surface area (Å²) >= 11 is 0. The first-order chi connectivity index (χ1) is 11.5. The molecular formula is C19H27N3O2. The molecule has 0 spiro atoms. The van der Waals surface area contributed by atoms with Crippen LogP contribution in [-0.2, 0) is 6.42 Å². The normalized spacial score (nSPS) is 32.3. The Morgan fingerprint density at radius 1 is 1.17 bits per heavy atom. The Labute approximate surface area is 142 Å². The molecule has 2 saturated carbocycles. The zero-order chi connectivity index (χ0) is 16.8. The van der Waals surface area contributed by atoms with Gasteiger partial charge in [-0.3, -0.25) is 9.59 Å². The number of Topliss-reactive ketones (excluding diaryl/α,β-unsaturated/α-hetero) is 1. The number of nitrogens with two attached hydrogens (primary N) is 1. The zero-order valence-electron chi connectivity index (χ0n) is 14.4. The van der Waals surface area contributed by atoms with E-state index in [9.17, 15) is 9.59 Å². The van der Waals surface area contributed by atoms with Gasteiger partial charge in [0.25, 0.3) is 5.91 Å². The number of aryl methyl sites for hydroxylation is 1. The van der Waals surface area contributed by atoms with Crippen molar-refractivity contribution in [2.24, 2.45) is 17.6 Å². The van der Waals surface area contributed by atoms with E-state index in [1.54, 1.807) is 0 Å². The molecule has 2 unspecified atom stereocenters. The monoisotopic (exact) mass is 329 g/mol. The van der Waals surface area contributed by atoms with Crippen molar-refractivity contribution in [3.63, 3.8) is 0 Å². The van der Waals surface area contributed by atoms with Gasteiger partial charge in [0.1, 0.15) is 5.69 Å². The number of fused-ring (bicyclic) bond motifs is 3. The minimum absolute atomic E-state index is 0.0490.